The maximum atomic E-state index is 13.7. The Labute approximate surface area is 240 Å². The van der Waals surface area contributed by atoms with Crippen LogP contribution >= 0.6 is 0 Å². The average molecular weight is 566 g/mol. The van der Waals surface area contributed by atoms with E-state index in [4.69, 9.17) is 15.3 Å². The number of rotatable bonds is 9. The van der Waals surface area contributed by atoms with Crippen LogP contribution in [0.3, 0.4) is 0 Å². The summed E-state index contributed by atoms with van der Waals surface area (Å²) in [6.07, 6.45) is 0.310. The van der Waals surface area contributed by atoms with Crippen molar-refractivity contribution < 1.29 is 29.3 Å². The molecule has 2 aliphatic heterocycles. The summed E-state index contributed by atoms with van der Waals surface area (Å²) >= 11 is 0. The lowest BCUT2D eigenvalue weighted by Gasteiger charge is -2.27. The number of nitrogens with one attached hydrogen (secondary N) is 2. The highest BCUT2D eigenvalue weighted by Crippen LogP contribution is 2.41. The molecule has 0 aliphatic carbocycles. The van der Waals surface area contributed by atoms with Gasteiger partial charge in [0.2, 0.25) is 0 Å². The fourth-order valence-electron chi connectivity index (χ4n) is 5.39. The minimum Gasteiger partial charge on any atom is -0.505 e. The molecule has 2 aromatic carbocycles. The Balaban J connectivity index is 1.61. The van der Waals surface area contributed by atoms with Crippen LogP contribution in [-0.4, -0.2) is 92.1 Å². The predicted octanol–water partition coefficient (Wildman–Crippen LogP) is 2.82. The number of carboxylic acid groups (broad SMARTS) is 1. The number of phenolic OH excluding ortho intramolecular Hbond substituents is 1. The van der Waals surface area contributed by atoms with E-state index >= 15 is 0 Å². The van der Waals surface area contributed by atoms with E-state index in [2.05, 4.69) is 5.32 Å². The molecule has 11 nitrogen and oxygen atoms in total. The number of hydrogen-bond donors (Lipinski definition) is 4. The highest BCUT2D eigenvalue weighted by molar-refractivity contribution is 6.08. The number of aromatic hydroxyl groups is 1. The lowest BCUT2D eigenvalue weighted by Crippen LogP contribution is -2.31. The van der Waals surface area contributed by atoms with Crippen molar-refractivity contribution in [3.63, 3.8) is 0 Å². The van der Waals surface area contributed by atoms with Crippen molar-refractivity contribution in [1.82, 2.24) is 10.2 Å². The Morgan fingerprint density at radius 2 is 1.88 bits per heavy atom. The number of fused-ring (bicyclic) bond motifs is 1. The average Bonchev–Trinajstić information content (AvgIpc) is 3.49. The van der Waals surface area contributed by atoms with E-state index in [1.807, 2.05) is 50.7 Å². The third-order valence-electron chi connectivity index (χ3n) is 7.59. The molecule has 1 unspecified atom stereocenters. The van der Waals surface area contributed by atoms with Gasteiger partial charge in [0, 0.05) is 63.2 Å². The molecule has 4 rings (SSSR count). The minimum atomic E-state index is -1.04. The quantitative estimate of drug-likeness (QED) is 0.337. The van der Waals surface area contributed by atoms with Gasteiger partial charge in [0.05, 0.1) is 23.9 Å². The molecule has 2 aromatic rings. The van der Waals surface area contributed by atoms with Crippen molar-refractivity contribution in [2.24, 2.45) is 0 Å². The molecular formula is C30H39N5O6. The topological polar surface area (TPSA) is 146 Å². The van der Waals surface area contributed by atoms with Gasteiger partial charge in [0.15, 0.2) is 5.78 Å². The van der Waals surface area contributed by atoms with Crippen LogP contribution in [0.25, 0.3) is 0 Å². The second-order valence-electron chi connectivity index (χ2n) is 11.8. The smallest absolute Gasteiger partial charge is 0.329 e. The first-order valence-corrected chi connectivity index (χ1v) is 13.6. The number of carbonyl (C=O) groups is 3. The van der Waals surface area contributed by atoms with E-state index in [1.54, 1.807) is 30.1 Å². The van der Waals surface area contributed by atoms with Gasteiger partial charge in [-0.2, -0.15) is 0 Å². The minimum absolute atomic E-state index is 0.0434. The summed E-state index contributed by atoms with van der Waals surface area (Å²) in [6, 6.07) is 7.00. The van der Waals surface area contributed by atoms with Crippen LogP contribution in [-0.2, 0) is 21.5 Å². The van der Waals surface area contributed by atoms with Crippen LogP contribution in [0.5, 0.6) is 5.75 Å². The van der Waals surface area contributed by atoms with Crippen LogP contribution in [0.1, 0.15) is 64.6 Å². The molecule has 2 heterocycles. The lowest BCUT2D eigenvalue weighted by molar-refractivity contribution is -0.143. The van der Waals surface area contributed by atoms with Crippen molar-refractivity contribution in [3.05, 3.63) is 52.1 Å². The van der Waals surface area contributed by atoms with Crippen LogP contribution in [0.2, 0.25) is 0 Å². The number of amides is 1. The third kappa shape index (κ3) is 6.14. The lowest BCUT2D eigenvalue weighted by atomic mass is 9.84. The second kappa shape index (κ2) is 11.4. The van der Waals surface area contributed by atoms with Crippen LogP contribution < -0.4 is 15.1 Å². The van der Waals surface area contributed by atoms with Crippen molar-refractivity contribution >= 4 is 34.9 Å². The molecule has 0 saturated carbocycles. The molecule has 0 spiro atoms. The summed E-state index contributed by atoms with van der Waals surface area (Å²) in [7, 11) is 5.27. The number of amidine groups is 1. The van der Waals surface area contributed by atoms with E-state index in [9.17, 15) is 19.5 Å². The van der Waals surface area contributed by atoms with Gasteiger partial charge in [-0.25, -0.2) is 4.79 Å². The van der Waals surface area contributed by atoms with E-state index in [-0.39, 0.29) is 42.5 Å². The largest absolute Gasteiger partial charge is 0.505 e. The van der Waals surface area contributed by atoms with Gasteiger partial charge in [-0.3, -0.25) is 15.0 Å². The van der Waals surface area contributed by atoms with E-state index in [0.717, 1.165) is 11.3 Å². The maximum absolute atomic E-state index is 13.7. The van der Waals surface area contributed by atoms with Crippen LogP contribution in [0.4, 0.5) is 11.4 Å². The zero-order valence-corrected chi connectivity index (χ0v) is 24.5. The van der Waals surface area contributed by atoms with Gasteiger partial charge in [0.25, 0.3) is 5.91 Å². The number of ether oxygens (including phenoxy) is 1. The standard InChI is InChI=1S/C30H39N5O6/c1-30(2,3)22-9-17(10-24(27(22)39)34-8-7-19(14-34)41-16-26(37)38)25(36)15-35-13-18-11-23(33(5)6)21(29(40)32-4)12-20(18)28(35)31/h9-12,19,31,39H,7-8,13-16H2,1-6H3,(H,32,40)(H,37,38). The Hall–Kier alpha value is -4.12. The number of hydrogen-bond acceptors (Lipinski definition) is 8. The molecule has 1 atom stereocenters. The van der Waals surface area contributed by atoms with E-state index in [1.165, 1.54) is 0 Å². The summed E-state index contributed by atoms with van der Waals surface area (Å²) in [4.78, 5) is 42.6. The number of Topliss-reactive ketones (excluding diaryl/α,β-unsaturated/α-hetero) is 1. The van der Waals surface area contributed by atoms with E-state index in [0.29, 0.717) is 54.0 Å². The Morgan fingerprint density at radius 1 is 1.17 bits per heavy atom. The Kier molecular flexibility index (Phi) is 8.30. The summed E-state index contributed by atoms with van der Waals surface area (Å²) in [6.45, 7) is 6.76. The first kappa shape index (κ1) is 29.9. The summed E-state index contributed by atoms with van der Waals surface area (Å²) in [5.41, 5.74) is 3.78. The number of carbonyl (C=O) groups excluding carboxylic acids is 2. The fourth-order valence-corrected chi connectivity index (χ4v) is 5.39. The Morgan fingerprint density at radius 3 is 2.49 bits per heavy atom. The monoisotopic (exact) mass is 565 g/mol. The summed E-state index contributed by atoms with van der Waals surface area (Å²) in [5.74, 6) is -1.22. The summed E-state index contributed by atoms with van der Waals surface area (Å²) in [5, 5.41) is 31.6. The molecule has 41 heavy (non-hydrogen) atoms. The SMILES string of the molecule is CNC(=O)c1cc2c(cc1N(C)C)CN(CC(=O)c1cc(N3CCC(OCC(=O)O)C3)c(O)c(C(C)(C)C)c1)C2=N. The fraction of sp³-hybridized carbons (Fsp3) is 0.467. The second-order valence-corrected chi connectivity index (χ2v) is 11.8. The molecule has 4 N–H and O–H groups in total. The highest BCUT2D eigenvalue weighted by atomic mass is 16.5. The number of benzene rings is 2. The van der Waals surface area contributed by atoms with Crippen LogP contribution in [0, 0.1) is 5.41 Å². The zero-order valence-electron chi connectivity index (χ0n) is 24.5. The molecule has 11 heteroatoms. The third-order valence-corrected chi connectivity index (χ3v) is 7.59. The molecule has 1 amide bonds. The number of anilines is 2. The molecule has 220 valence electrons. The van der Waals surface area contributed by atoms with Gasteiger partial charge in [-0.15, -0.1) is 0 Å². The van der Waals surface area contributed by atoms with Crippen molar-refractivity contribution in [1.29, 1.82) is 5.41 Å². The van der Waals surface area contributed by atoms with Gasteiger partial charge in [0.1, 0.15) is 18.2 Å². The Bertz CT molecular complexity index is 1400. The molecule has 0 bridgehead atoms. The van der Waals surface area contributed by atoms with Crippen molar-refractivity contribution in [2.45, 2.75) is 45.3 Å². The van der Waals surface area contributed by atoms with Crippen molar-refractivity contribution in [3.8, 4) is 5.75 Å². The molecular weight excluding hydrogens is 526 g/mol. The molecule has 2 aliphatic rings. The molecule has 0 radical (unpaired) electrons. The predicted molar refractivity (Wildman–Crippen MR) is 157 cm³/mol. The molecule has 0 aromatic heterocycles. The van der Waals surface area contributed by atoms with Gasteiger partial charge >= 0.3 is 5.97 Å². The van der Waals surface area contributed by atoms with Gasteiger partial charge in [-0.05, 0) is 41.7 Å². The van der Waals surface area contributed by atoms with Gasteiger partial charge in [-0.1, -0.05) is 20.8 Å². The number of aliphatic carboxylic acids is 1. The number of carboxylic acids is 1. The van der Waals surface area contributed by atoms with Crippen molar-refractivity contribution in [2.75, 3.05) is 57.2 Å². The number of nitrogens with zero attached hydrogens (tertiary/aromatic N) is 3. The number of ketones is 1. The molecule has 1 fully saturated rings. The first-order valence-electron chi connectivity index (χ1n) is 13.6. The summed E-state index contributed by atoms with van der Waals surface area (Å²) < 4.78 is 5.47. The van der Waals surface area contributed by atoms with Crippen LogP contribution in [0.15, 0.2) is 24.3 Å². The van der Waals surface area contributed by atoms with Gasteiger partial charge < -0.3 is 35.0 Å². The van der Waals surface area contributed by atoms with E-state index < -0.39 is 11.4 Å². The highest BCUT2D eigenvalue weighted by Gasteiger charge is 2.32. The zero-order chi connectivity index (χ0) is 30.2. The molecule has 1 saturated heterocycles. The first-order chi connectivity index (χ1) is 19.2. The maximum Gasteiger partial charge on any atom is 0.329 e. The normalized spacial score (nSPS) is 16.6. The number of phenols is 1.